The second kappa shape index (κ2) is 6.93. The number of anilines is 4. The van der Waals surface area contributed by atoms with Crippen LogP contribution in [0.3, 0.4) is 0 Å². The first kappa shape index (κ1) is 17.7. The van der Waals surface area contributed by atoms with Gasteiger partial charge in [0.2, 0.25) is 5.95 Å². The average Bonchev–Trinajstić information content (AvgIpc) is 3.42. The van der Waals surface area contributed by atoms with E-state index in [9.17, 15) is 9.90 Å². The third-order valence-corrected chi connectivity index (χ3v) is 5.07. The van der Waals surface area contributed by atoms with Gasteiger partial charge in [-0.15, -0.1) is 0 Å². The highest BCUT2D eigenvalue weighted by Crippen LogP contribution is 2.29. The van der Waals surface area contributed by atoms with E-state index in [2.05, 4.69) is 31.3 Å². The molecule has 8 nitrogen and oxygen atoms in total. The minimum atomic E-state index is -0.996. The number of hydrogen-bond acceptors (Lipinski definition) is 5. The highest BCUT2D eigenvalue weighted by atomic mass is 16.4. The summed E-state index contributed by atoms with van der Waals surface area (Å²) < 4.78 is 0. The molecule has 0 bridgehead atoms. The molecule has 0 saturated carbocycles. The van der Waals surface area contributed by atoms with E-state index in [0.29, 0.717) is 17.5 Å². The fraction of sp³-hybridized carbons (Fsp3) is 0.0455. The Morgan fingerprint density at radius 2 is 1.87 bits per heavy atom. The van der Waals surface area contributed by atoms with Crippen molar-refractivity contribution in [2.24, 2.45) is 0 Å². The molecule has 8 heteroatoms. The molecular formula is C22H18N6O2. The summed E-state index contributed by atoms with van der Waals surface area (Å²) in [4.78, 5) is 28.6. The number of carbonyl (C=O) groups is 1. The van der Waals surface area contributed by atoms with E-state index >= 15 is 0 Å². The van der Waals surface area contributed by atoms with Gasteiger partial charge in [-0.3, -0.25) is 0 Å². The van der Waals surface area contributed by atoms with Gasteiger partial charge in [0.15, 0.2) is 0 Å². The van der Waals surface area contributed by atoms with Crippen molar-refractivity contribution in [3.8, 4) is 0 Å². The molecule has 0 unspecified atom stereocenters. The van der Waals surface area contributed by atoms with Crippen molar-refractivity contribution in [2.75, 3.05) is 17.3 Å². The van der Waals surface area contributed by atoms with Crippen LogP contribution in [0, 0.1) is 0 Å². The zero-order valence-electron chi connectivity index (χ0n) is 16.0. The normalized spacial score (nSPS) is 11.1. The number of nitrogens with zero attached hydrogens (tertiary/aromatic N) is 3. The predicted octanol–water partition coefficient (Wildman–Crippen LogP) is 4.65. The van der Waals surface area contributed by atoms with E-state index in [1.54, 1.807) is 24.5 Å². The van der Waals surface area contributed by atoms with Gasteiger partial charge in [0.1, 0.15) is 5.82 Å². The average molecular weight is 398 g/mol. The molecule has 3 heterocycles. The van der Waals surface area contributed by atoms with E-state index < -0.39 is 5.97 Å². The van der Waals surface area contributed by atoms with Crippen molar-refractivity contribution >= 4 is 50.9 Å². The molecule has 30 heavy (non-hydrogen) atoms. The summed E-state index contributed by atoms with van der Waals surface area (Å²) in [5, 5.41) is 14.5. The lowest BCUT2D eigenvalue weighted by atomic mass is 10.1. The second-order valence-electron chi connectivity index (χ2n) is 6.94. The molecule has 0 aliphatic heterocycles. The second-order valence-corrected chi connectivity index (χ2v) is 6.94. The molecule has 3 aromatic heterocycles. The highest BCUT2D eigenvalue weighted by molar-refractivity contribution is 6.00. The minimum absolute atomic E-state index is 0.181. The van der Waals surface area contributed by atoms with Crippen molar-refractivity contribution in [1.82, 2.24) is 19.9 Å². The Balaban J connectivity index is 1.48. The number of hydrogen-bond donors (Lipinski definition) is 4. The lowest BCUT2D eigenvalue weighted by Crippen LogP contribution is -2.12. The monoisotopic (exact) mass is 398 g/mol. The molecule has 0 radical (unpaired) electrons. The summed E-state index contributed by atoms with van der Waals surface area (Å²) in [7, 11) is 1.94. The Morgan fingerprint density at radius 1 is 1.03 bits per heavy atom. The number of aromatic carboxylic acids is 1. The first-order valence-electron chi connectivity index (χ1n) is 9.34. The van der Waals surface area contributed by atoms with Crippen LogP contribution in [0.2, 0.25) is 0 Å². The van der Waals surface area contributed by atoms with Crippen molar-refractivity contribution in [1.29, 1.82) is 0 Å². The summed E-state index contributed by atoms with van der Waals surface area (Å²) in [6, 6.07) is 15.0. The van der Waals surface area contributed by atoms with Crippen LogP contribution in [0.25, 0.3) is 21.8 Å². The standard InChI is InChI=1S/C22H18N6O2/c1-28(15-2-3-17-13(10-15)4-7-23-17)20-6-9-25-22(27-20)26-19-12-14(21(29)30)11-18-16(19)5-8-24-18/h2-12,23-24H,1H3,(H,29,30)(H,25,26,27). The van der Waals surface area contributed by atoms with Crippen molar-refractivity contribution in [3.63, 3.8) is 0 Å². The van der Waals surface area contributed by atoms with Gasteiger partial charge < -0.3 is 25.3 Å². The number of rotatable bonds is 5. The van der Waals surface area contributed by atoms with Crippen LogP contribution >= 0.6 is 0 Å². The van der Waals surface area contributed by atoms with E-state index in [4.69, 9.17) is 0 Å². The van der Waals surface area contributed by atoms with Gasteiger partial charge in [0.05, 0.1) is 11.3 Å². The van der Waals surface area contributed by atoms with Gasteiger partial charge >= 0.3 is 5.97 Å². The number of aromatic amines is 2. The van der Waals surface area contributed by atoms with Gasteiger partial charge in [0.25, 0.3) is 0 Å². The summed E-state index contributed by atoms with van der Waals surface area (Å²) in [5.41, 5.74) is 3.60. The highest BCUT2D eigenvalue weighted by Gasteiger charge is 2.13. The number of aromatic nitrogens is 4. The third-order valence-electron chi connectivity index (χ3n) is 5.07. The quantitative estimate of drug-likeness (QED) is 0.343. The Bertz CT molecular complexity index is 1390. The summed E-state index contributed by atoms with van der Waals surface area (Å²) >= 11 is 0. The molecular weight excluding hydrogens is 380 g/mol. The zero-order valence-corrected chi connectivity index (χ0v) is 16.0. The third kappa shape index (κ3) is 3.10. The fourth-order valence-corrected chi connectivity index (χ4v) is 3.49. The number of H-pyrrole nitrogens is 2. The largest absolute Gasteiger partial charge is 0.478 e. The van der Waals surface area contributed by atoms with Gasteiger partial charge in [-0.05, 0) is 48.5 Å². The lowest BCUT2D eigenvalue weighted by molar-refractivity contribution is 0.0697. The van der Waals surface area contributed by atoms with E-state index in [0.717, 1.165) is 27.5 Å². The minimum Gasteiger partial charge on any atom is -0.478 e. The van der Waals surface area contributed by atoms with Crippen LogP contribution in [0.5, 0.6) is 0 Å². The number of carboxylic acid groups (broad SMARTS) is 1. The van der Waals surface area contributed by atoms with Crippen LogP contribution in [-0.4, -0.2) is 38.1 Å². The number of nitrogens with one attached hydrogen (secondary N) is 3. The maximum absolute atomic E-state index is 11.5. The molecule has 0 fully saturated rings. The Hall–Kier alpha value is -4.33. The van der Waals surface area contributed by atoms with Crippen molar-refractivity contribution in [3.05, 3.63) is 72.7 Å². The summed E-state index contributed by atoms with van der Waals surface area (Å²) in [6.07, 6.45) is 5.35. The molecule has 5 aromatic rings. The maximum atomic E-state index is 11.5. The number of fused-ring (bicyclic) bond motifs is 2. The van der Waals surface area contributed by atoms with Gasteiger partial charge in [-0.1, -0.05) is 0 Å². The molecule has 2 aromatic carbocycles. The van der Waals surface area contributed by atoms with Gasteiger partial charge in [-0.25, -0.2) is 9.78 Å². The number of carboxylic acids is 1. The molecule has 148 valence electrons. The lowest BCUT2D eigenvalue weighted by Gasteiger charge is -2.19. The molecule has 0 spiro atoms. The van der Waals surface area contributed by atoms with E-state index in [1.165, 1.54) is 0 Å². The topological polar surface area (TPSA) is 110 Å². The molecule has 0 aliphatic rings. The SMILES string of the molecule is CN(c1ccc2[nH]ccc2c1)c1ccnc(Nc2cc(C(=O)O)cc3[nH]ccc23)n1. The molecule has 0 amide bonds. The molecule has 0 aliphatic carbocycles. The molecule has 4 N–H and O–H groups in total. The molecule has 0 saturated heterocycles. The van der Waals surface area contributed by atoms with Crippen molar-refractivity contribution in [2.45, 2.75) is 0 Å². The van der Waals surface area contributed by atoms with E-state index in [-0.39, 0.29) is 5.56 Å². The van der Waals surface area contributed by atoms with Crippen molar-refractivity contribution < 1.29 is 9.90 Å². The Labute approximate surface area is 171 Å². The maximum Gasteiger partial charge on any atom is 0.335 e. The Morgan fingerprint density at radius 3 is 2.73 bits per heavy atom. The van der Waals surface area contributed by atoms with Crippen LogP contribution in [0.1, 0.15) is 10.4 Å². The first-order valence-corrected chi connectivity index (χ1v) is 9.34. The van der Waals surface area contributed by atoms with Crippen LogP contribution in [0.15, 0.2) is 67.1 Å². The van der Waals surface area contributed by atoms with Crippen LogP contribution < -0.4 is 10.2 Å². The predicted molar refractivity (Wildman–Crippen MR) is 117 cm³/mol. The van der Waals surface area contributed by atoms with Crippen LogP contribution in [-0.2, 0) is 0 Å². The molecule has 5 rings (SSSR count). The fourth-order valence-electron chi connectivity index (χ4n) is 3.49. The number of benzene rings is 2. The summed E-state index contributed by atoms with van der Waals surface area (Å²) in [6.45, 7) is 0. The van der Waals surface area contributed by atoms with E-state index in [1.807, 2.05) is 48.5 Å². The van der Waals surface area contributed by atoms with Gasteiger partial charge in [-0.2, -0.15) is 4.98 Å². The Kier molecular flexibility index (Phi) is 4.10. The smallest absolute Gasteiger partial charge is 0.335 e. The zero-order chi connectivity index (χ0) is 20.7. The summed E-state index contributed by atoms with van der Waals surface area (Å²) in [5.74, 6) is 0.0956. The molecule has 0 atom stereocenters. The van der Waals surface area contributed by atoms with Crippen LogP contribution in [0.4, 0.5) is 23.1 Å². The first-order chi connectivity index (χ1) is 14.6. The van der Waals surface area contributed by atoms with Gasteiger partial charge in [0, 0.05) is 53.1 Å².